The Bertz CT molecular complexity index is 991. The van der Waals surface area contributed by atoms with Crippen molar-refractivity contribution in [2.24, 2.45) is 11.8 Å². The van der Waals surface area contributed by atoms with Crippen LogP contribution in [0.3, 0.4) is 0 Å². The first-order valence-corrected chi connectivity index (χ1v) is 11.4. The summed E-state index contributed by atoms with van der Waals surface area (Å²) in [6, 6.07) is 3.69. The lowest BCUT2D eigenvalue weighted by Gasteiger charge is -2.35. The van der Waals surface area contributed by atoms with Gasteiger partial charge in [-0.2, -0.15) is 17.5 Å². The Morgan fingerprint density at radius 2 is 1.52 bits per heavy atom. The van der Waals surface area contributed by atoms with Gasteiger partial charge in [0.2, 0.25) is 21.8 Å². The largest absolute Gasteiger partial charge is 0.416 e. The molecule has 2 aliphatic heterocycles. The molecule has 0 radical (unpaired) electrons. The summed E-state index contributed by atoms with van der Waals surface area (Å²) in [4.78, 5) is 27.8. The second-order valence-electron chi connectivity index (χ2n) is 7.95. The highest BCUT2D eigenvalue weighted by Crippen LogP contribution is 2.35. The number of carbonyl (C=O) groups excluding carboxylic acids is 2. The number of rotatable bonds is 4. The number of imide groups is 1. The number of likely N-dealkylation sites (tertiary alicyclic amines) is 1. The Balaban J connectivity index is 1.40. The van der Waals surface area contributed by atoms with Gasteiger partial charge in [-0.3, -0.25) is 19.4 Å². The Morgan fingerprint density at radius 3 is 2.06 bits per heavy atom. The maximum atomic E-state index is 12.9. The van der Waals surface area contributed by atoms with Gasteiger partial charge >= 0.3 is 6.18 Å². The number of hydrogen-bond acceptors (Lipinski definition) is 5. The fraction of sp³-hybridized carbons (Fsp3) is 0.500. The zero-order valence-corrected chi connectivity index (χ0v) is 17.4. The number of alkyl halides is 3. The molecule has 2 saturated heterocycles. The van der Waals surface area contributed by atoms with Gasteiger partial charge in [-0.15, -0.1) is 0 Å². The summed E-state index contributed by atoms with van der Waals surface area (Å²) in [5.41, 5.74) is -1.02. The van der Waals surface area contributed by atoms with Gasteiger partial charge in [-0.25, -0.2) is 8.42 Å². The predicted molar refractivity (Wildman–Crippen MR) is 104 cm³/mol. The molecule has 0 spiro atoms. The second-order valence-corrected chi connectivity index (χ2v) is 9.89. The number of hydrogen-bond donors (Lipinski definition) is 0. The molecule has 0 N–H and O–H groups in total. The van der Waals surface area contributed by atoms with Crippen LogP contribution >= 0.6 is 0 Å². The van der Waals surface area contributed by atoms with E-state index in [2.05, 4.69) is 0 Å². The summed E-state index contributed by atoms with van der Waals surface area (Å²) >= 11 is 0. The molecule has 2 fully saturated rings. The molecule has 2 heterocycles. The average molecular weight is 457 g/mol. The Labute approximate surface area is 178 Å². The van der Waals surface area contributed by atoms with Crippen LogP contribution in [-0.4, -0.2) is 67.2 Å². The van der Waals surface area contributed by atoms with Crippen molar-refractivity contribution in [3.63, 3.8) is 0 Å². The number of benzene rings is 1. The summed E-state index contributed by atoms with van der Waals surface area (Å²) in [5, 5.41) is 0. The van der Waals surface area contributed by atoms with E-state index in [1.54, 1.807) is 0 Å². The molecule has 1 aliphatic carbocycles. The van der Waals surface area contributed by atoms with Crippen LogP contribution in [0.4, 0.5) is 13.2 Å². The quantitative estimate of drug-likeness (QED) is 0.510. The van der Waals surface area contributed by atoms with E-state index < -0.39 is 26.7 Å². The SMILES string of the molecule is O=C1C2CC=CCC2C(=O)N1CN1CCN(S(=O)(=O)c2cccc(C(F)(F)F)c2)CC1. The molecule has 11 heteroatoms. The number of fused-ring (bicyclic) bond motifs is 1. The minimum Gasteiger partial charge on any atom is -0.283 e. The molecule has 2 atom stereocenters. The molecule has 1 aromatic rings. The van der Waals surface area contributed by atoms with E-state index >= 15 is 0 Å². The molecule has 0 saturated carbocycles. The Hall–Kier alpha value is -2.24. The van der Waals surface area contributed by atoms with E-state index in [0.29, 0.717) is 18.9 Å². The third-order valence-electron chi connectivity index (χ3n) is 6.07. The van der Waals surface area contributed by atoms with Crippen molar-refractivity contribution in [3.8, 4) is 0 Å². The lowest BCUT2D eigenvalue weighted by atomic mass is 9.85. The van der Waals surface area contributed by atoms with Crippen LogP contribution in [0.15, 0.2) is 41.3 Å². The van der Waals surface area contributed by atoms with Gasteiger partial charge in [0.1, 0.15) is 0 Å². The maximum absolute atomic E-state index is 12.9. The topological polar surface area (TPSA) is 78.0 Å². The minimum absolute atomic E-state index is 0.0587. The molecular formula is C20H22F3N3O4S. The lowest BCUT2D eigenvalue weighted by molar-refractivity contribution is -0.143. The van der Waals surface area contributed by atoms with Crippen LogP contribution in [0.5, 0.6) is 0 Å². The zero-order chi connectivity index (χ0) is 22.4. The molecule has 2 unspecified atom stereocenters. The Kier molecular flexibility index (Phi) is 5.69. The van der Waals surface area contributed by atoms with Crippen molar-refractivity contribution in [2.45, 2.75) is 23.9 Å². The number of nitrogens with zero attached hydrogens (tertiary/aromatic N) is 3. The van der Waals surface area contributed by atoms with Crippen molar-refractivity contribution in [1.29, 1.82) is 0 Å². The molecule has 2 amide bonds. The Morgan fingerprint density at radius 1 is 0.935 bits per heavy atom. The smallest absolute Gasteiger partial charge is 0.283 e. The zero-order valence-electron chi connectivity index (χ0n) is 16.6. The van der Waals surface area contributed by atoms with E-state index in [0.717, 1.165) is 22.5 Å². The predicted octanol–water partition coefficient (Wildman–Crippen LogP) is 1.92. The lowest BCUT2D eigenvalue weighted by Crippen LogP contribution is -2.52. The van der Waals surface area contributed by atoms with Crippen molar-refractivity contribution < 1.29 is 31.2 Å². The van der Waals surface area contributed by atoms with Crippen molar-refractivity contribution in [2.75, 3.05) is 32.8 Å². The van der Waals surface area contributed by atoms with Crippen LogP contribution in [0.2, 0.25) is 0 Å². The third kappa shape index (κ3) is 4.13. The highest BCUT2D eigenvalue weighted by Gasteiger charge is 2.47. The first-order chi connectivity index (χ1) is 14.6. The van der Waals surface area contributed by atoms with E-state index in [4.69, 9.17) is 0 Å². The van der Waals surface area contributed by atoms with Gasteiger partial charge in [-0.1, -0.05) is 18.2 Å². The standard InChI is InChI=1S/C20H22F3N3O4S/c21-20(22,23)14-4-3-5-15(12-14)31(29,30)25-10-8-24(9-11-25)13-26-18(27)16-6-1-2-7-17(16)19(26)28/h1-5,12,16-17H,6-11,13H2. The summed E-state index contributed by atoms with van der Waals surface area (Å²) < 4.78 is 65.6. The molecule has 0 bridgehead atoms. The maximum Gasteiger partial charge on any atom is 0.416 e. The van der Waals surface area contributed by atoms with Gasteiger partial charge in [0, 0.05) is 26.2 Å². The highest BCUT2D eigenvalue weighted by molar-refractivity contribution is 7.89. The first-order valence-electron chi connectivity index (χ1n) is 9.99. The molecule has 168 valence electrons. The number of piperazine rings is 1. The molecule has 1 aromatic carbocycles. The number of halogens is 3. The van der Waals surface area contributed by atoms with Crippen LogP contribution in [0.25, 0.3) is 0 Å². The number of allylic oxidation sites excluding steroid dienone is 2. The second kappa shape index (κ2) is 8.03. The monoisotopic (exact) mass is 457 g/mol. The van der Waals surface area contributed by atoms with Crippen LogP contribution in [-0.2, 0) is 25.8 Å². The van der Waals surface area contributed by atoms with Crippen molar-refractivity contribution in [1.82, 2.24) is 14.1 Å². The van der Waals surface area contributed by atoms with Gasteiger partial charge in [-0.05, 0) is 31.0 Å². The summed E-state index contributed by atoms with van der Waals surface area (Å²) in [6.45, 7) is 0.750. The summed E-state index contributed by atoms with van der Waals surface area (Å²) in [7, 11) is -4.08. The van der Waals surface area contributed by atoms with E-state index in [9.17, 15) is 31.2 Å². The molecule has 3 aliphatic rings. The molecule has 7 nitrogen and oxygen atoms in total. The summed E-state index contributed by atoms with van der Waals surface area (Å²) in [5.74, 6) is -1.03. The third-order valence-corrected chi connectivity index (χ3v) is 7.97. The summed E-state index contributed by atoms with van der Waals surface area (Å²) in [6.07, 6.45) is 0.287. The molecule has 31 heavy (non-hydrogen) atoms. The van der Waals surface area contributed by atoms with Gasteiger partial charge < -0.3 is 0 Å². The van der Waals surface area contributed by atoms with Crippen molar-refractivity contribution in [3.05, 3.63) is 42.0 Å². The number of carbonyl (C=O) groups is 2. The number of sulfonamides is 1. The highest BCUT2D eigenvalue weighted by atomic mass is 32.2. The molecule has 0 aromatic heterocycles. The molecule has 4 rings (SSSR count). The minimum atomic E-state index is -4.63. The normalized spacial score (nSPS) is 25.8. The van der Waals surface area contributed by atoms with Gasteiger partial charge in [0.15, 0.2) is 0 Å². The van der Waals surface area contributed by atoms with E-state index in [1.807, 2.05) is 17.1 Å². The van der Waals surface area contributed by atoms with Crippen molar-refractivity contribution >= 4 is 21.8 Å². The van der Waals surface area contributed by atoms with Crippen LogP contribution in [0.1, 0.15) is 18.4 Å². The fourth-order valence-electron chi connectivity index (χ4n) is 4.30. The van der Waals surface area contributed by atoms with E-state index in [-0.39, 0.29) is 56.5 Å². The molecular weight excluding hydrogens is 435 g/mol. The number of amides is 2. The van der Waals surface area contributed by atoms with Crippen LogP contribution in [0, 0.1) is 11.8 Å². The van der Waals surface area contributed by atoms with Crippen LogP contribution < -0.4 is 0 Å². The van der Waals surface area contributed by atoms with Gasteiger partial charge in [0.25, 0.3) is 0 Å². The first kappa shape index (κ1) is 22.0. The van der Waals surface area contributed by atoms with Gasteiger partial charge in [0.05, 0.1) is 29.0 Å². The van der Waals surface area contributed by atoms with E-state index in [1.165, 1.54) is 4.90 Å². The average Bonchev–Trinajstić information content (AvgIpc) is 2.99. The fourth-order valence-corrected chi connectivity index (χ4v) is 5.77.